The van der Waals surface area contributed by atoms with Crippen LogP contribution in [-0.4, -0.2) is 19.9 Å². The molecule has 4 heteroatoms. The molecule has 0 fully saturated rings. The third-order valence-corrected chi connectivity index (χ3v) is 9.18. The Balaban J connectivity index is 1.10. The smallest absolute Gasteiger partial charge is 0.164 e. The minimum atomic E-state index is 0.643. The van der Waals surface area contributed by atoms with Gasteiger partial charge in [0.25, 0.3) is 0 Å². The zero-order valence-corrected chi connectivity index (χ0v) is 27.1. The number of hydrogen-bond donors (Lipinski definition) is 0. The predicted octanol–water partition coefficient (Wildman–Crippen LogP) is 11.6. The minimum Gasteiger partial charge on any atom is -0.256 e. The van der Waals surface area contributed by atoms with Gasteiger partial charge in [0.2, 0.25) is 0 Å². The first-order valence-electron chi connectivity index (χ1n) is 16.7. The lowest BCUT2D eigenvalue weighted by Crippen LogP contribution is -2.00. The van der Waals surface area contributed by atoms with E-state index in [4.69, 9.17) is 15.0 Å². The average Bonchev–Trinajstić information content (AvgIpc) is 3.21. The van der Waals surface area contributed by atoms with Crippen molar-refractivity contribution in [3.05, 3.63) is 182 Å². The summed E-state index contributed by atoms with van der Waals surface area (Å²) in [6.45, 7) is 0. The van der Waals surface area contributed by atoms with Gasteiger partial charge in [-0.25, -0.2) is 15.0 Å². The van der Waals surface area contributed by atoms with Gasteiger partial charge in [-0.2, -0.15) is 0 Å². The molecule has 4 nitrogen and oxygen atoms in total. The lowest BCUT2D eigenvalue weighted by Gasteiger charge is -2.13. The van der Waals surface area contributed by atoms with Crippen LogP contribution in [0.4, 0.5) is 0 Å². The molecule has 0 aliphatic carbocycles. The highest BCUT2D eigenvalue weighted by molar-refractivity contribution is 6.00. The molecular formula is C46H30N4. The first-order chi connectivity index (χ1) is 24.8. The summed E-state index contributed by atoms with van der Waals surface area (Å²) < 4.78 is 0. The number of rotatable bonds is 6. The third kappa shape index (κ3) is 5.59. The van der Waals surface area contributed by atoms with Gasteiger partial charge in [0.05, 0.1) is 5.52 Å². The van der Waals surface area contributed by atoms with Gasteiger partial charge in [-0.05, 0) is 56.8 Å². The normalized spacial score (nSPS) is 11.2. The Hall–Kier alpha value is -6.78. The highest BCUT2D eigenvalue weighted by Crippen LogP contribution is 2.36. The zero-order chi connectivity index (χ0) is 33.3. The second-order valence-corrected chi connectivity index (χ2v) is 12.3. The third-order valence-electron chi connectivity index (χ3n) is 9.18. The highest BCUT2D eigenvalue weighted by Gasteiger charge is 2.14. The van der Waals surface area contributed by atoms with E-state index in [1.54, 1.807) is 0 Å². The summed E-state index contributed by atoms with van der Waals surface area (Å²) in [5.41, 5.74) is 10.8. The highest BCUT2D eigenvalue weighted by atomic mass is 15.0. The lowest BCUT2D eigenvalue weighted by atomic mass is 9.92. The van der Waals surface area contributed by atoms with Gasteiger partial charge in [0, 0.05) is 33.8 Å². The van der Waals surface area contributed by atoms with Crippen LogP contribution in [0.25, 0.3) is 89.2 Å². The molecule has 0 bridgehead atoms. The molecular weight excluding hydrogens is 609 g/mol. The first kappa shape index (κ1) is 29.4. The van der Waals surface area contributed by atoms with Crippen molar-refractivity contribution in [2.24, 2.45) is 0 Å². The van der Waals surface area contributed by atoms with Crippen LogP contribution in [0.3, 0.4) is 0 Å². The number of para-hydroxylation sites is 1. The summed E-state index contributed by atoms with van der Waals surface area (Å²) in [7, 11) is 0. The van der Waals surface area contributed by atoms with Crippen LogP contribution in [0.5, 0.6) is 0 Å². The molecule has 0 amide bonds. The molecule has 0 radical (unpaired) electrons. The molecule has 0 aliphatic heterocycles. The van der Waals surface area contributed by atoms with Crippen molar-refractivity contribution in [1.29, 1.82) is 0 Å². The second-order valence-electron chi connectivity index (χ2n) is 12.3. The summed E-state index contributed by atoms with van der Waals surface area (Å²) >= 11 is 0. The van der Waals surface area contributed by atoms with Gasteiger partial charge in [-0.15, -0.1) is 0 Å². The van der Waals surface area contributed by atoms with Gasteiger partial charge in [-0.3, -0.25) is 4.98 Å². The van der Waals surface area contributed by atoms with Gasteiger partial charge in [0.1, 0.15) is 0 Å². The molecule has 0 saturated carbocycles. The fraction of sp³-hybridized carbons (Fsp3) is 0. The monoisotopic (exact) mass is 638 g/mol. The standard InChI is InChI=1S/C46H30N4/c1-3-11-35(12-4-1)44-48-45(36-13-5-2-6-14-36)50-46(49-44)37-26-24-33(25-27-37)42-30-39(29-38-15-7-8-18-40(38)42)31-20-22-32(23-21-31)41-19-9-16-34-17-10-28-47-43(34)41/h1-30H. The van der Waals surface area contributed by atoms with Crippen molar-refractivity contribution < 1.29 is 0 Å². The molecule has 2 aromatic heterocycles. The van der Waals surface area contributed by atoms with Crippen molar-refractivity contribution in [3.63, 3.8) is 0 Å². The van der Waals surface area contributed by atoms with Crippen molar-refractivity contribution in [1.82, 2.24) is 19.9 Å². The van der Waals surface area contributed by atoms with Crippen LogP contribution in [0.1, 0.15) is 0 Å². The number of fused-ring (bicyclic) bond motifs is 2. The maximum absolute atomic E-state index is 4.93. The fourth-order valence-corrected chi connectivity index (χ4v) is 6.63. The van der Waals surface area contributed by atoms with E-state index in [1.165, 1.54) is 21.9 Å². The van der Waals surface area contributed by atoms with Crippen LogP contribution in [0.15, 0.2) is 182 Å². The summed E-state index contributed by atoms with van der Waals surface area (Å²) in [6.07, 6.45) is 1.86. The average molecular weight is 639 g/mol. The molecule has 0 saturated heterocycles. The van der Waals surface area contributed by atoms with Crippen LogP contribution >= 0.6 is 0 Å². The Morgan fingerprint density at radius 2 is 0.800 bits per heavy atom. The fourth-order valence-electron chi connectivity index (χ4n) is 6.63. The summed E-state index contributed by atoms with van der Waals surface area (Å²) in [5.74, 6) is 1.95. The topological polar surface area (TPSA) is 51.6 Å². The van der Waals surface area contributed by atoms with E-state index < -0.39 is 0 Å². The SMILES string of the molecule is c1ccc(-c2nc(-c3ccccc3)nc(-c3ccc(-c4cc(-c5ccc(-c6cccc7cccnc67)cc5)cc5ccccc45)cc3)n2)cc1. The van der Waals surface area contributed by atoms with E-state index in [0.29, 0.717) is 17.5 Å². The van der Waals surface area contributed by atoms with Crippen molar-refractivity contribution in [2.75, 3.05) is 0 Å². The molecule has 50 heavy (non-hydrogen) atoms. The van der Waals surface area contributed by atoms with Crippen molar-refractivity contribution >= 4 is 21.7 Å². The maximum Gasteiger partial charge on any atom is 0.164 e. The van der Waals surface area contributed by atoms with Crippen LogP contribution in [0.2, 0.25) is 0 Å². The van der Waals surface area contributed by atoms with Crippen molar-refractivity contribution in [2.45, 2.75) is 0 Å². The number of nitrogens with zero attached hydrogens (tertiary/aromatic N) is 4. The van der Waals surface area contributed by atoms with Gasteiger partial charge >= 0.3 is 0 Å². The van der Waals surface area contributed by atoms with E-state index in [0.717, 1.165) is 49.8 Å². The Bertz CT molecular complexity index is 2550. The van der Waals surface area contributed by atoms with Crippen molar-refractivity contribution in [3.8, 4) is 67.5 Å². The summed E-state index contributed by atoms with van der Waals surface area (Å²) in [5, 5.41) is 3.55. The molecule has 9 aromatic rings. The van der Waals surface area contributed by atoms with E-state index in [1.807, 2.05) is 72.9 Å². The molecule has 9 rings (SSSR count). The Morgan fingerprint density at radius 3 is 1.46 bits per heavy atom. The number of hydrogen-bond acceptors (Lipinski definition) is 4. The molecule has 0 aliphatic rings. The Labute approximate surface area is 290 Å². The largest absolute Gasteiger partial charge is 0.256 e. The number of pyridine rings is 1. The van der Waals surface area contributed by atoms with E-state index in [-0.39, 0.29) is 0 Å². The molecule has 0 unspecified atom stereocenters. The molecule has 234 valence electrons. The lowest BCUT2D eigenvalue weighted by molar-refractivity contribution is 1.07. The van der Waals surface area contributed by atoms with E-state index in [2.05, 4.69) is 114 Å². The predicted molar refractivity (Wildman–Crippen MR) is 205 cm³/mol. The van der Waals surface area contributed by atoms with E-state index in [9.17, 15) is 0 Å². The van der Waals surface area contributed by atoms with Crippen LogP contribution < -0.4 is 0 Å². The summed E-state index contributed by atoms with van der Waals surface area (Å²) in [4.78, 5) is 19.4. The van der Waals surface area contributed by atoms with Crippen LogP contribution in [0, 0.1) is 0 Å². The molecule has 0 atom stereocenters. The number of benzene rings is 7. The van der Waals surface area contributed by atoms with Crippen LogP contribution in [-0.2, 0) is 0 Å². The Kier molecular flexibility index (Phi) is 7.45. The maximum atomic E-state index is 4.93. The number of aromatic nitrogens is 4. The Morgan fingerprint density at radius 1 is 0.300 bits per heavy atom. The molecule has 0 N–H and O–H groups in total. The van der Waals surface area contributed by atoms with E-state index >= 15 is 0 Å². The quantitative estimate of drug-likeness (QED) is 0.182. The van der Waals surface area contributed by atoms with Gasteiger partial charge in [-0.1, -0.05) is 158 Å². The minimum absolute atomic E-state index is 0.643. The molecule has 0 spiro atoms. The van der Waals surface area contributed by atoms with Gasteiger partial charge in [0.15, 0.2) is 17.5 Å². The zero-order valence-electron chi connectivity index (χ0n) is 27.1. The molecule has 2 heterocycles. The molecule has 7 aromatic carbocycles. The van der Waals surface area contributed by atoms with Gasteiger partial charge < -0.3 is 0 Å². The second kappa shape index (κ2) is 12.7. The first-order valence-corrected chi connectivity index (χ1v) is 16.7. The summed E-state index contributed by atoms with van der Waals surface area (Å²) in [6, 6.07) is 61.2.